The Morgan fingerprint density at radius 2 is 1.70 bits per heavy atom. The van der Waals surface area contributed by atoms with Crippen molar-refractivity contribution in [3.05, 3.63) is 104 Å². The van der Waals surface area contributed by atoms with Crippen LogP contribution in [0.5, 0.6) is 0 Å². The summed E-state index contributed by atoms with van der Waals surface area (Å²) in [5.74, 6) is -1.42. The van der Waals surface area contributed by atoms with Gasteiger partial charge >= 0.3 is 6.03 Å². The van der Waals surface area contributed by atoms with Gasteiger partial charge < -0.3 is 0 Å². The number of urea groups is 1. The highest BCUT2D eigenvalue weighted by Crippen LogP contribution is 2.28. The molecule has 4 amide bonds. The maximum Gasteiger partial charge on any atom is 0.335 e. The minimum absolute atomic E-state index is 0.136. The van der Waals surface area contributed by atoms with Crippen LogP contribution in [0.15, 0.2) is 70.7 Å². The summed E-state index contributed by atoms with van der Waals surface area (Å²) in [6.45, 7) is 3.84. The number of rotatable bonds is 4. The third-order valence-corrected chi connectivity index (χ3v) is 6.61. The van der Waals surface area contributed by atoms with Crippen LogP contribution < -0.4 is 10.2 Å². The number of amides is 4. The molecule has 0 aliphatic carbocycles. The van der Waals surface area contributed by atoms with E-state index in [4.69, 9.17) is 11.6 Å². The number of anilines is 1. The number of aryl methyl sites for hydroxylation is 2. The number of benzene rings is 3. The maximum atomic E-state index is 13.3. The molecule has 1 heterocycles. The monoisotopic (exact) mass is 522 g/mol. The number of hydrogen-bond donors (Lipinski definition) is 1. The van der Waals surface area contributed by atoms with Gasteiger partial charge in [-0.1, -0.05) is 57.9 Å². The number of nitrogens with one attached hydrogen (secondary N) is 1. The van der Waals surface area contributed by atoms with Crippen LogP contribution in [0.3, 0.4) is 0 Å². The molecular weight excluding hydrogens is 504 g/mol. The predicted octanol–water partition coefficient (Wildman–Crippen LogP) is 5.98. The van der Waals surface area contributed by atoms with Crippen molar-refractivity contribution in [1.29, 1.82) is 0 Å². The highest BCUT2D eigenvalue weighted by molar-refractivity contribution is 9.10. The molecule has 5 nitrogen and oxygen atoms in total. The first kappa shape index (κ1) is 23.0. The van der Waals surface area contributed by atoms with Gasteiger partial charge in [-0.15, -0.1) is 0 Å². The average molecular weight is 524 g/mol. The lowest BCUT2D eigenvalue weighted by atomic mass is 9.97. The van der Waals surface area contributed by atoms with Gasteiger partial charge in [-0.3, -0.25) is 14.9 Å². The SMILES string of the molecule is Cc1ccc(N2C(=O)NC(=O)/C(=C\c3cc(Cl)ccc3Cc3ccccc3Br)C2=O)cc1C. The lowest BCUT2D eigenvalue weighted by Gasteiger charge is -2.27. The first-order valence-corrected chi connectivity index (χ1v) is 11.4. The summed E-state index contributed by atoms with van der Waals surface area (Å²) in [5, 5.41) is 2.75. The van der Waals surface area contributed by atoms with E-state index >= 15 is 0 Å². The van der Waals surface area contributed by atoms with Gasteiger partial charge in [-0.2, -0.15) is 0 Å². The summed E-state index contributed by atoms with van der Waals surface area (Å²) < 4.78 is 0.955. The Labute approximate surface area is 205 Å². The van der Waals surface area contributed by atoms with Gasteiger partial charge in [0.1, 0.15) is 5.57 Å². The van der Waals surface area contributed by atoms with E-state index in [0.717, 1.165) is 31.6 Å². The molecule has 3 aromatic carbocycles. The molecule has 1 aliphatic rings. The molecule has 7 heteroatoms. The molecule has 0 bridgehead atoms. The van der Waals surface area contributed by atoms with Gasteiger partial charge in [-0.05, 0) is 84.5 Å². The van der Waals surface area contributed by atoms with E-state index in [1.807, 2.05) is 50.2 Å². The zero-order valence-corrected chi connectivity index (χ0v) is 20.3. The van der Waals surface area contributed by atoms with Gasteiger partial charge in [0, 0.05) is 9.50 Å². The normalized spacial score (nSPS) is 15.2. The van der Waals surface area contributed by atoms with Crippen molar-refractivity contribution in [2.45, 2.75) is 20.3 Å². The third-order valence-electron chi connectivity index (χ3n) is 5.60. The smallest absolute Gasteiger partial charge is 0.273 e. The zero-order chi connectivity index (χ0) is 23.7. The second-order valence-electron chi connectivity index (χ2n) is 7.84. The van der Waals surface area contributed by atoms with Crippen LogP contribution in [-0.4, -0.2) is 17.8 Å². The lowest BCUT2D eigenvalue weighted by Crippen LogP contribution is -2.54. The summed E-state index contributed by atoms with van der Waals surface area (Å²) in [5.41, 5.74) is 4.79. The summed E-state index contributed by atoms with van der Waals surface area (Å²) in [6.07, 6.45) is 2.06. The van der Waals surface area contributed by atoms with Crippen molar-refractivity contribution in [2.75, 3.05) is 4.90 Å². The number of carbonyl (C=O) groups is 3. The highest BCUT2D eigenvalue weighted by atomic mass is 79.9. The highest BCUT2D eigenvalue weighted by Gasteiger charge is 2.37. The van der Waals surface area contributed by atoms with Gasteiger partial charge in [0.05, 0.1) is 5.69 Å². The second-order valence-corrected chi connectivity index (χ2v) is 9.13. The summed E-state index contributed by atoms with van der Waals surface area (Å²) in [6, 6.07) is 17.7. The lowest BCUT2D eigenvalue weighted by molar-refractivity contribution is -0.122. The minimum atomic E-state index is -0.773. The molecule has 0 saturated carbocycles. The number of hydrogen-bond acceptors (Lipinski definition) is 3. The fraction of sp³-hybridized carbons (Fsp3) is 0.115. The molecule has 0 unspecified atom stereocenters. The maximum absolute atomic E-state index is 13.3. The van der Waals surface area contributed by atoms with E-state index in [2.05, 4.69) is 21.2 Å². The zero-order valence-electron chi connectivity index (χ0n) is 18.0. The molecule has 3 aromatic rings. The van der Waals surface area contributed by atoms with Crippen LogP contribution in [0.1, 0.15) is 27.8 Å². The van der Waals surface area contributed by atoms with Gasteiger partial charge in [-0.25, -0.2) is 9.69 Å². The standard InChI is InChI=1S/C26H20BrClN2O3/c1-15-7-10-21(11-16(15)2)30-25(32)22(24(31)29-26(30)33)14-19-13-20(28)9-8-17(19)12-18-5-3-4-6-23(18)27/h3-11,13-14H,12H2,1-2H3,(H,29,31,33)/b22-14+. The van der Waals surface area contributed by atoms with E-state index < -0.39 is 17.8 Å². The van der Waals surface area contributed by atoms with Crippen molar-refractivity contribution >= 4 is 57.1 Å². The Kier molecular flexibility index (Phi) is 6.49. The third kappa shape index (κ3) is 4.77. The van der Waals surface area contributed by atoms with E-state index in [1.165, 1.54) is 6.08 Å². The predicted molar refractivity (Wildman–Crippen MR) is 133 cm³/mol. The number of imide groups is 2. The Morgan fingerprint density at radius 1 is 0.939 bits per heavy atom. The van der Waals surface area contributed by atoms with Crippen LogP contribution in [0.2, 0.25) is 5.02 Å². The molecule has 1 saturated heterocycles. The van der Waals surface area contributed by atoms with Gasteiger partial charge in [0.2, 0.25) is 0 Å². The summed E-state index contributed by atoms with van der Waals surface area (Å²) >= 11 is 9.79. The summed E-state index contributed by atoms with van der Waals surface area (Å²) in [7, 11) is 0. The molecular formula is C26H20BrClN2O3. The fourth-order valence-corrected chi connectivity index (χ4v) is 4.23. The first-order chi connectivity index (χ1) is 15.7. The van der Waals surface area contributed by atoms with Crippen LogP contribution in [0.4, 0.5) is 10.5 Å². The Morgan fingerprint density at radius 3 is 2.42 bits per heavy atom. The molecule has 166 valence electrons. The van der Waals surface area contributed by atoms with Crippen molar-refractivity contribution < 1.29 is 14.4 Å². The van der Waals surface area contributed by atoms with Crippen molar-refractivity contribution in [3.63, 3.8) is 0 Å². The molecule has 1 fully saturated rings. The van der Waals surface area contributed by atoms with Crippen molar-refractivity contribution in [2.24, 2.45) is 0 Å². The van der Waals surface area contributed by atoms with Gasteiger partial charge in [0.25, 0.3) is 11.8 Å². The van der Waals surface area contributed by atoms with Crippen LogP contribution >= 0.6 is 27.5 Å². The van der Waals surface area contributed by atoms with E-state index in [-0.39, 0.29) is 5.57 Å². The molecule has 1 aliphatic heterocycles. The molecule has 4 rings (SSSR count). The number of halogens is 2. The Balaban J connectivity index is 1.76. The van der Waals surface area contributed by atoms with Gasteiger partial charge in [0.15, 0.2) is 0 Å². The Bertz CT molecular complexity index is 1330. The molecule has 0 aromatic heterocycles. The van der Waals surface area contributed by atoms with E-state index in [9.17, 15) is 14.4 Å². The topological polar surface area (TPSA) is 66.5 Å². The fourth-order valence-electron chi connectivity index (χ4n) is 3.62. The summed E-state index contributed by atoms with van der Waals surface area (Å²) in [4.78, 5) is 39.4. The molecule has 0 radical (unpaired) electrons. The molecule has 33 heavy (non-hydrogen) atoms. The molecule has 1 N–H and O–H groups in total. The number of carbonyl (C=O) groups excluding carboxylic acids is 3. The minimum Gasteiger partial charge on any atom is -0.273 e. The van der Waals surface area contributed by atoms with Crippen LogP contribution in [-0.2, 0) is 16.0 Å². The second kappa shape index (κ2) is 9.33. The Hall–Kier alpha value is -3.22. The van der Waals surface area contributed by atoms with E-state index in [0.29, 0.717) is 22.7 Å². The number of barbiturate groups is 1. The van der Waals surface area contributed by atoms with Crippen molar-refractivity contribution in [3.8, 4) is 0 Å². The van der Waals surface area contributed by atoms with Crippen molar-refractivity contribution in [1.82, 2.24) is 5.32 Å². The quantitative estimate of drug-likeness (QED) is 0.338. The van der Waals surface area contributed by atoms with Crippen LogP contribution in [0, 0.1) is 13.8 Å². The largest absolute Gasteiger partial charge is 0.335 e. The average Bonchev–Trinajstić information content (AvgIpc) is 2.76. The van der Waals surface area contributed by atoms with Crippen LogP contribution in [0.25, 0.3) is 6.08 Å². The van der Waals surface area contributed by atoms with E-state index in [1.54, 1.807) is 24.3 Å². The number of nitrogens with zero attached hydrogens (tertiary/aromatic N) is 1. The first-order valence-electron chi connectivity index (χ1n) is 10.2. The molecule has 0 atom stereocenters. The molecule has 0 spiro atoms.